The van der Waals surface area contributed by atoms with Gasteiger partial charge in [0, 0.05) is 11.2 Å². The molecule has 4 aromatic rings. The summed E-state index contributed by atoms with van der Waals surface area (Å²) >= 11 is 0. The average molecular weight is 474 g/mol. The van der Waals surface area contributed by atoms with Crippen LogP contribution in [0.5, 0.6) is 0 Å². The minimum atomic E-state index is -0.977. The number of halogens is 1. The molecule has 1 aromatic heterocycles. The maximum atomic E-state index is 13.9. The van der Waals surface area contributed by atoms with E-state index in [1.54, 1.807) is 12.1 Å². The normalized spacial score (nSPS) is 12.3. The fraction of sp³-hybridized carbons (Fsp3) is 0.259. The van der Waals surface area contributed by atoms with E-state index in [1.807, 2.05) is 63.2 Å². The van der Waals surface area contributed by atoms with Crippen LogP contribution in [0.25, 0.3) is 11.0 Å². The molecule has 7 nitrogen and oxygen atoms in total. The van der Waals surface area contributed by atoms with Crippen LogP contribution in [0.1, 0.15) is 38.8 Å². The molecule has 1 heterocycles. The lowest BCUT2D eigenvalue weighted by molar-refractivity contribution is -0.128. The van der Waals surface area contributed by atoms with Gasteiger partial charge in [0.2, 0.25) is 11.8 Å². The van der Waals surface area contributed by atoms with Crippen molar-refractivity contribution < 1.29 is 14.0 Å². The molecule has 0 spiro atoms. The molecule has 0 bridgehead atoms. The Morgan fingerprint density at radius 1 is 1.00 bits per heavy atom. The Kier molecular flexibility index (Phi) is 6.91. The summed E-state index contributed by atoms with van der Waals surface area (Å²) in [6.45, 7) is 5.69. The standard InChI is InChI=1S/C27H28FN5O2/c1-4-27(2,3)29-26(35)25(19-10-6-5-7-11-19)33(21-16-14-20(28)15-17-21)24(34)18-32-23-13-9-8-12-22(23)30-31-32/h5-17,25H,4,18H2,1-3H3,(H,29,35)/t25-/m0/s1. The first-order valence-corrected chi connectivity index (χ1v) is 11.5. The van der Waals surface area contributed by atoms with Gasteiger partial charge < -0.3 is 5.32 Å². The molecule has 1 atom stereocenters. The van der Waals surface area contributed by atoms with E-state index >= 15 is 0 Å². The zero-order valence-electron chi connectivity index (χ0n) is 20.0. The predicted octanol–water partition coefficient (Wildman–Crippen LogP) is 4.65. The molecule has 0 aliphatic heterocycles. The molecular weight excluding hydrogens is 445 g/mol. The van der Waals surface area contributed by atoms with Crippen molar-refractivity contribution in [2.45, 2.75) is 45.3 Å². The van der Waals surface area contributed by atoms with Crippen LogP contribution < -0.4 is 10.2 Å². The number of para-hydroxylation sites is 1. The van der Waals surface area contributed by atoms with Crippen molar-refractivity contribution in [3.05, 3.63) is 90.2 Å². The third-order valence-electron chi connectivity index (χ3n) is 6.05. The Labute approximate surface area is 203 Å². The number of rotatable bonds is 8. The van der Waals surface area contributed by atoms with E-state index in [0.29, 0.717) is 28.7 Å². The molecule has 0 saturated heterocycles. The van der Waals surface area contributed by atoms with Crippen molar-refractivity contribution in [1.29, 1.82) is 0 Å². The van der Waals surface area contributed by atoms with Gasteiger partial charge >= 0.3 is 0 Å². The predicted molar refractivity (Wildman–Crippen MR) is 133 cm³/mol. The number of anilines is 1. The number of carbonyl (C=O) groups is 2. The Morgan fingerprint density at radius 2 is 1.66 bits per heavy atom. The highest BCUT2D eigenvalue weighted by Crippen LogP contribution is 2.30. The van der Waals surface area contributed by atoms with E-state index in [2.05, 4.69) is 15.6 Å². The number of hydrogen-bond donors (Lipinski definition) is 1. The van der Waals surface area contributed by atoms with Crippen LogP contribution >= 0.6 is 0 Å². The quantitative estimate of drug-likeness (QED) is 0.404. The van der Waals surface area contributed by atoms with E-state index in [-0.39, 0.29) is 18.4 Å². The molecule has 4 rings (SSSR count). The number of aromatic nitrogens is 3. The molecule has 8 heteroatoms. The zero-order valence-corrected chi connectivity index (χ0v) is 20.0. The van der Waals surface area contributed by atoms with Crippen molar-refractivity contribution >= 4 is 28.5 Å². The van der Waals surface area contributed by atoms with E-state index < -0.39 is 17.4 Å². The van der Waals surface area contributed by atoms with Crippen molar-refractivity contribution in [1.82, 2.24) is 20.3 Å². The fourth-order valence-electron chi connectivity index (χ4n) is 3.82. The summed E-state index contributed by atoms with van der Waals surface area (Å²) in [7, 11) is 0. The molecule has 1 N–H and O–H groups in total. The molecule has 0 aliphatic carbocycles. The zero-order chi connectivity index (χ0) is 25.0. The highest BCUT2D eigenvalue weighted by Gasteiger charge is 2.35. The average Bonchev–Trinajstić information content (AvgIpc) is 3.26. The maximum absolute atomic E-state index is 13.9. The summed E-state index contributed by atoms with van der Waals surface area (Å²) in [6, 6.07) is 21.0. The molecule has 3 aromatic carbocycles. The molecule has 0 aliphatic rings. The first-order chi connectivity index (χ1) is 16.8. The number of hydrogen-bond acceptors (Lipinski definition) is 4. The minimum absolute atomic E-state index is 0.147. The Hall–Kier alpha value is -4.07. The number of fused-ring (bicyclic) bond motifs is 1. The highest BCUT2D eigenvalue weighted by atomic mass is 19.1. The summed E-state index contributed by atoms with van der Waals surface area (Å²) < 4.78 is 15.3. The monoisotopic (exact) mass is 473 g/mol. The lowest BCUT2D eigenvalue weighted by atomic mass is 9.98. The van der Waals surface area contributed by atoms with Gasteiger partial charge in [-0.25, -0.2) is 9.07 Å². The Bertz CT molecular complexity index is 1320. The SMILES string of the molecule is CCC(C)(C)NC(=O)[C@H](c1ccccc1)N(C(=O)Cn1nnc2ccccc21)c1ccc(F)cc1. The maximum Gasteiger partial charge on any atom is 0.249 e. The second-order valence-corrected chi connectivity index (χ2v) is 9.02. The van der Waals surface area contributed by atoms with Gasteiger partial charge in [-0.15, -0.1) is 5.10 Å². The lowest BCUT2D eigenvalue weighted by Gasteiger charge is -2.34. The van der Waals surface area contributed by atoms with Crippen LogP contribution in [0.3, 0.4) is 0 Å². The first-order valence-electron chi connectivity index (χ1n) is 11.5. The Morgan fingerprint density at radius 3 is 2.34 bits per heavy atom. The number of nitrogens with one attached hydrogen (secondary N) is 1. The van der Waals surface area contributed by atoms with Crippen LogP contribution in [0.2, 0.25) is 0 Å². The minimum Gasteiger partial charge on any atom is -0.349 e. The van der Waals surface area contributed by atoms with Crippen molar-refractivity contribution in [3.63, 3.8) is 0 Å². The van der Waals surface area contributed by atoms with Crippen molar-refractivity contribution in [2.24, 2.45) is 0 Å². The van der Waals surface area contributed by atoms with Crippen molar-refractivity contribution in [2.75, 3.05) is 4.90 Å². The van der Waals surface area contributed by atoms with E-state index in [0.717, 1.165) is 0 Å². The van der Waals surface area contributed by atoms with Gasteiger partial charge in [-0.1, -0.05) is 54.6 Å². The molecule has 180 valence electrons. The van der Waals surface area contributed by atoms with Gasteiger partial charge in [-0.3, -0.25) is 14.5 Å². The number of amides is 2. The van der Waals surface area contributed by atoms with Crippen LogP contribution in [0.15, 0.2) is 78.9 Å². The topological polar surface area (TPSA) is 80.1 Å². The van der Waals surface area contributed by atoms with E-state index in [1.165, 1.54) is 33.8 Å². The van der Waals surface area contributed by atoms with Crippen LogP contribution in [0, 0.1) is 5.82 Å². The van der Waals surface area contributed by atoms with Gasteiger partial charge in [0.1, 0.15) is 23.9 Å². The summed E-state index contributed by atoms with van der Waals surface area (Å²) in [6.07, 6.45) is 0.704. The van der Waals surface area contributed by atoms with Gasteiger partial charge in [0.25, 0.3) is 0 Å². The van der Waals surface area contributed by atoms with Gasteiger partial charge in [-0.2, -0.15) is 0 Å². The Balaban J connectivity index is 1.79. The smallest absolute Gasteiger partial charge is 0.249 e. The van der Waals surface area contributed by atoms with Crippen LogP contribution in [0.4, 0.5) is 10.1 Å². The molecular formula is C27H28FN5O2. The summed E-state index contributed by atoms with van der Waals surface area (Å²) in [4.78, 5) is 29.0. The summed E-state index contributed by atoms with van der Waals surface area (Å²) in [5, 5.41) is 11.3. The summed E-state index contributed by atoms with van der Waals surface area (Å²) in [5.41, 5.74) is 1.92. The van der Waals surface area contributed by atoms with Crippen molar-refractivity contribution in [3.8, 4) is 0 Å². The van der Waals surface area contributed by atoms with Gasteiger partial charge in [-0.05, 0) is 62.2 Å². The van der Waals surface area contributed by atoms with Crippen LogP contribution in [-0.2, 0) is 16.1 Å². The molecule has 0 unspecified atom stereocenters. The van der Waals surface area contributed by atoms with E-state index in [4.69, 9.17) is 0 Å². The molecule has 35 heavy (non-hydrogen) atoms. The lowest BCUT2D eigenvalue weighted by Crippen LogP contribution is -2.51. The number of benzene rings is 3. The highest BCUT2D eigenvalue weighted by molar-refractivity contribution is 6.01. The van der Waals surface area contributed by atoms with E-state index in [9.17, 15) is 14.0 Å². The molecule has 0 saturated carbocycles. The summed E-state index contributed by atoms with van der Waals surface area (Å²) in [5.74, 6) is -1.15. The second kappa shape index (κ2) is 10.0. The second-order valence-electron chi connectivity index (χ2n) is 9.02. The fourth-order valence-corrected chi connectivity index (χ4v) is 3.82. The molecule has 0 fully saturated rings. The third kappa shape index (κ3) is 5.37. The van der Waals surface area contributed by atoms with Crippen LogP contribution in [-0.4, -0.2) is 32.3 Å². The first kappa shape index (κ1) is 24.1. The molecule has 0 radical (unpaired) electrons. The third-order valence-corrected chi connectivity index (χ3v) is 6.05. The number of nitrogens with zero attached hydrogens (tertiary/aromatic N) is 4. The van der Waals surface area contributed by atoms with Gasteiger partial charge in [0.05, 0.1) is 5.52 Å². The molecule has 2 amide bonds. The van der Waals surface area contributed by atoms with Gasteiger partial charge in [0.15, 0.2) is 0 Å². The number of carbonyl (C=O) groups excluding carboxylic acids is 2. The largest absolute Gasteiger partial charge is 0.349 e.